The molecule has 0 unspecified atom stereocenters. The molecule has 0 aliphatic carbocycles. The number of hydrogen-bond acceptors (Lipinski definition) is 2. The molecule has 0 heterocycles. The smallest absolute Gasteiger partial charge is 0.166 e. The van der Waals surface area contributed by atoms with Crippen molar-refractivity contribution in [3.05, 3.63) is 64.1 Å². The zero-order valence-corrected chi connectivity index (χ0v) is 11.4. The molecule has 0 radical (unpaired) electrons. The summed E-state index contributed by atoms with van der Waals surface area (Å²) in [6, 6.07) is 14.5. The van der Waals surface area contributed by atoms with Crippen LogP contribution in [0.2, 0.25) is 0 Å². The molecule has 2 aromatic carbocycles. The standard InChI is InChI=1S/C15H13BrO2/c16-13-7-3-1-5-11(13)9-10-15(18)12-6-2-4-8-14(12)17/h1-8,17H,9-10H2. The summed E-state index contributed by atoms with van der Waals surface area (Å²) in [5, 5.41) is 9.60. The number of halogens is 1. The lowest BCUT2D eigenvalue weighted by molar-refractivity contribution is 0.0980. The first-order chi connectivity index (χ1) is 8.68. The van der Waals surface area contributed by atoms with Crippen LogP contribution >= 0.6 is 15.9 Å². The summed E-state index contributed by atoms with van der Waals surface area (Å²) >= 11 is 3.46. The molecule has 0 saturated carbocycles. The van der Waals surface area contributed by atoms with Gasteiger partial charge in [0.05, 0.1) is 5.56 Å². The van der Waals surface area contributed by atoms with Gasteiger partial charge in [-0.15, -0.1) is 0 Å². The van der Waals surface area contributed by atoms with E-state index in [0.29, 0.717) is 18.4 Å². The number of rotatable bonds is 4. The van der Waals surface area contributed by atoms with E-state index in [9.17, 15) is 9.90 Å². The number of phenolic OH excluding ortho intramolecular Hbond substituents is 1. The molecule has 0 aliphatic heterocycles. The van der Waals surface area contributed by atoms with E-state index in [1.807, 2.05) is 24.3 Å². The van der Waals surface area contributed by atoms with E-state index >= 15 is 0 Å². The third kappa shape index (κ3) is 2.99. The van der Waals surface area contributed by atoms with Crippen LogP contribution in [0.15, 0.2) is 53.0 Å². The number of para-hydroxylation sites is 1. The molecular weight excluding hydrogens is 292 g/mol. The molecule has 0 aliphatic rings. The van der Waals surface area contributed by atoms with Crippen LogP contribution < -0.4 is 0 Å². The highest BCUT2D eigenvalue weighted by molar-refractivity contribution is 9.10. The van der Waals surface area contributed by atoms with Crippen LogP contribution in [0.3, 0.4) is 0 Å². The first-order valence-corrected chi connectivity index (χ1v) is 6.52. The van der Waals surface area contributed by atoms with E-state index in [-0.39, 0.29) is 11.5 Å². The van der Waals surface area contributed by atoms with Crippen molar-refractivity contribution in [1.29, 1.82) is 0 Å². The third-order valence-corrected chi connectivity index (χ3v) is 3.56. The first-order valence-electron chi connectivity index (χ1n) is 5.73. The van der Waals surface area contributed by atoms with E-state index in [0.717, 1.165) is 10.0 Å². The van der Waals surface area contributed by atoms with Crippen molar-refractivity contribution in [2.45, 2.75) is 12.8 Å². The Morgan fingerprint density at radius 3 is 2.44 bits per heavy atom. The summed E-state index contributed by atoms with van der Waals surface area (Å²) in [5.41, 5.74) is 1.49. The zero-order valence-electron chi connectivity index (χ0n) is 9.77. The Bertz CT molecular complexity index is 564. The molecule has 0 spiro atoms. The molecule has 2 nitrogen and oxygen atoms in total. The lowest BCUT2D eigenvalue weighted by Crippen LogP contribution is -2.01. The number of carbonyl (C=O) groups excluding carboxylic acids is 1. The molecule has 92 valence electrons. The second-order valence-electron chi connectivity index (χ2n) is 4.03. The number of aryl methyl sites for hydroxylation is 1. The predicted molar refractivity (Wildman–Crippen MR) is 74.9 cm³/mol. The van der Waals surface area contributed by atoms with Crippen LogP contribution in [-0.2, 0) is 6.42 Å². The number of aromatic hydroxyl groups is 1. The number of carbonyl (C=O) groups is 1. The minimum Gasteiger partial charge on any atom is -0.507 e. The summed E-state index contributed by atoms with van der Waals surface area (Å²) in [7, 11) is 0. The second kappa shape index (κ2) is 5.83. The van der Waals surface area contributed by atoms with Gasteiger partial charge in [0.25, 0.3) is 0 Å². The van der Waals surface area contributed by atoms with Gasteiger partial charge in [0.15, 0.2) is 5.78 Å². The van der Waals surface area contributed by atoms with Crippen molar-refractivity contribution >= 4 is 21.7 Å². The molecule has 0 atom stereocenters. The highest BCUT2D eigenvalue weighted by Crippen LogP contribution is 2.21. The monoisotopic (exact) mass is 304 g/mol. The number of ketones is 1. The van der Waals surface area contributed by atoms with Gasteiger partial charge in [-0.3, -0.25) is 4.79 Å². The van der Waals surface area contributed by atoms with Crippen LogP contribution in [0, 0.1) is 0 Å². The maximum atomic E-state index is 12.0. The summed E-state index contributed by atoms with van der Waals surface area (Å²) in [6.45, 7) is 0. The molecule has 0 bridgehead atoms. The fraction of sp³-hybridized carbons (Fsp3) is 0.133. The van der Waals surface area contributed by atoms with E-state index in [2.05, 4.69) is 15.9 Å². The predicted octanol–water partition coefficient (Wildman–Crippen LogP) is 3.97. The topological polar surface area (TPSA) is 37.3 Å². The van der Waals surface area contributed by atoms with Crippen LogP contribution in [0.4, 0.5) is 0 Å². The zero-order chi connectivity index (χ0) is 13.0. The summed E-state index contributed by atoms with van der Waals surface area (Å²) in [4.78, 5) is 12.0. The minimum atomic E-state index is -0.0381. The van der Waals surface area contributed by atoms with E-state index in [4.69, 9.17) is 0 Å². The normalized spacial score (nSPS) is 10.3. The first kappa shape index (κ1) is 12.8. The summed E-state index contributed by atoms with van der Waals surface area (Å²) in [6.07, 6.45) is 1.05. The van der Waals surface area contributed by atoms with Gasteiger partial charge in [-0.25, -0.2) is 0 Å². The van der Waals surface area contributed by atoms with Crippen LogP contribution in [0.5, 0.6) is 5.75 Å². The number of phenols is 1. The lowest BCUT2D eigenvalue weighted by Gasteiger charge is -2.05. The number of Topliss-reactive ketones (excluding diaryl/α,β-unsaturated/α-hetero) is 1. The van der Waals surface area contributed by atoms with E-state index < -0.39 is 0 Å². The quantitative estimate of drug-likeness (QED) is 0.868. The Balaban J connectivity index is 2.06. The van der Waals surface area contributed by atoms with Gasteiger partial charge >= 0.3 is 0 Å². The Morgan fingerprint density at radius 2 is 1.72 bits per heavy atom. The highest BCUT2D eigenvalue weighted by Gasteiger charge is 2.10. The van der Waals surface area contributed by atoms with Gasteiger partial charge in [0, 0.05) is 10.9 Å². The van der Waals surface area contributed by atoms with Gasteiger partial charge in [-0.1, -0.05) is 46.3 Å². The molecule has 0 fully saturated rings. The van der Waals surface area contributed by atoms with Gasteiger partial charge < -0.3 is 5.11 Å². The van der Waals surface area contributed by atoms with Crippen LogP contribution in [0.1, 0.15) is 22.3 Å². The fourth-order valence-corrected chi connectivity index (χ4v) is 2.28. The van der Waals surface area contributed by atoms with E-state index in [1.165, 1.54) is 6.07 Å². The van der Waals surface area contributed by atoms with Crippen molar-refractivity contribution < 1.29 is 9.90 Å². The molecule has 3 heteroatoms. The molecule has 18 heavy (non-hydrogen) atoms. The van der Waals surface area contributed by atoms with Crippen LogP contribution in [-0.4, -0.2) is 10.9 Å². The average molecular weight is 305 g/mol. The van der Waals surface area contributed by atoms with Crippen molar-refractivity contribution in [2.24, 2.45) is 0 Å². The SMILES string of the molecule is O=C(CCc1ccccc1Br)c1ccccc1O. The van der Waals surface area contributed by atoms with Crippen molar-refractivity contribution in [3.8, 4) is 5.75 Å². The largest absolute Gasteiger partial charge is 0.507 e. The molecule has 0 amide bonds. The van der Waals surface area contributed by atoms with Crippen molar-refractivity contribution in [2.75, 3.05) is 0 Å². The molecule has 2 aromatic rings. The lowest BCUT2D eigenvalue weighted by atomic mass is 10.0. The Hall–Kier alpha value is -1.61. The van der Waals surface area contributed by atoms with Gasteiger partial charge in [-0.05, 0) is 30.2 Å². The van der Waals surface area contributed by atoms with Crippen molar-refractivity contribution in [1.82, 2.24) is 0 Å². The van der Waals surface area contributed by atoms with Gasteiger partial charge in [-0.2, -0.15) is 0 Å². The van der Waals surface area contributed by atoms with Crippen LogP contribution in [0.25, 0.3) is 0 Å². The third-order valence-electron chi connectivity index (χ3n) is 2.78. The number of hydrogen-bond donors (Lipinski definition) is 1. The Morgan fingerprint density at radius 1 is 1.06 bits per heavy atom. The van der Waals surface area contributed by atoms with Gasteiger partial charge in [0.1, 0.15) is 5.75 Å². The maximum absolute atomic E-state index is 12.0. The molecule has 1 N–H and O–H groups in total. The van der Waals surface area contributed by atoms with Gasteiger partial charge in [0.2, 0.25) is 0 Å². The minimum absolute atomic E-state index is 0.0381. The Labute approximate surface area is 114 Å². The second-order valence-corrected chi connectivity index (χ2v) is 4.89. The molecule has 2 rings (SSSR count). The summed E-state index contributed by atoms with van der Waals surface area (Å²) < 4.78 is 1.01. The maximum Gasteiger partial charge on any atom is 0.166 e. The molecular formula is C15H13BrO2. The average Bonchev–Trinajstić information content (AvgIpc) is 2.38. The molecule has 0 aromatic heterocycles. The van der Waals surface area contributed by atoms with E-state index in [1.54, 1.807) is 18.2 Å². The highest BCUT2D eigenvalue weighted by atomic mass is 79.9. The Kier molecular flexibility index (Phi) is 4.15. The fourth-order valence-electron chi connectivity index (χ4n) is 1.79. The number of benzene rings is 2. The molecule has 0 saturated heterocycles. The van der Waals surface area contributed by atoms with Crippen molar-refractivity contribution in [3.63, 3.8) is 0 Å². The summed E-state index contributed by atoms with van der Waals surface area (Å²) in [5.74, 6) is 0.0125.